The van der Waals surface area contributed by atoms with Gasteiger partial charge in [-0.15, -0.1) is 0 Å². The largest absolute Gasteiger partial charge is 0.384 e. The van der Waals surface area contributed by atoms with Gasteiger partial charge < -0.3 is 11.5 Å². The van der Waals surface area contributed by atoms with Gasteiger partial charge in [0.05, 0.1) is 0 Å². The van der Waals surface area contributed by atoms with Gasteiger partial charge >= 0.3 is 0 Å². The average molecular weight is 117 g/mol. The highest BCUT2D eigenvalue weighted by Gasteiger charge is 1.86. The lowest BCUT2D eigenvalue weighted by Crippen LogP contribution is -2.19. The van der Waals surface area contributed by atoms with E-state index < -0.39 is 5.91 Å². The highest BCUT2D eigenvalue weighted by atomic mass is 16.5. The number of amides is 1. The van der Waals surface area contributed by atoms with Gasteiger partial charge in [0, 0.05) is 6.08 Å². The number of nitrogens with one attached hydrogen (secondary N) is 1. The van der Waals surface area contributed by atoms with Gasteiger partial charge in [-0.2, -0.15) is 0 Å². The molecule has 0 aliphatic carbocycles. The summed E-state index contributed by atoms with van der Waals surface area (Å²) in [4.78, 5) is 9.88. The summed E-state index contributed by atoms with van der Waals surface area (Å²) in [6.07, 6.45) is 0.861. The maximum Gasteiger partial charge on any atom is 0.245 e. The number of primary amides is 1. The van der Waals surface area contributed by atoms with E-state index in [1.807, 2.05) is 0 Å². The molecule has 6 N–H and O–H groups in total. The molecule has 0 heterocycles. The molecule has 0 atom stereocenters. The van der Waals surface area contributed by atoms with Gasteiger partial charge in [0.1, 0.15) is 5.82 Å². The summed E-state index contributed by atoms with van der Waals surface area (Å²) in [7, 11) is 0. The van der Waals surface area contributed by atoms with E-state index in [-0.39, 0.29) is 5.82 Å². The Balaban J connectivity index is 3.75. The number of rotatable bonds is 2. The molecule has 0 aromatic heterocycles. The van der Waals surface area contributed by atoms with Crippen molar-refractivity contribution in [1.29, 1.82) is 0 Å². The van der Waals surface area contributed by atoms with Crippen LogP contribution in [0.25, 0.3) is 0 Å². The van der Waals surface area contributed by atoms with Gasteiger partial charge in [-0.3, -0.25) is 15.5 Å². The van der Waals surface area contributed by atoms with Crippen LogP contribution in [0.15, 0.2) is 11.9 Å². The van der Waals surface area contributed by atoms with Gasteiger partial charge in [0.2, 0.25) is 5.91 Å². The summed E-state index contributed by atoms with van der Waals surface area (Å²) in [6, 6.07) is 0. The average Bonchev–Trinajstić information content (AvgIpc) is 1.65. The van der Waals surface area contributed by atoms with Crippen molar-refractivity contribution in [1.82, 2.24) is 5.48 Å². The third-order valence-electron chi connectivity index (χ3n) is 0.427. The van der Waals surface area contributed by atoms with E-state index in [0.29, 0.717) is 0 Å². The standard InChI is InChI=1S/C3H7N3O2/c4-2(6-8)1-3(5)7/h1,6,8H,4H2,(H2,5,7)/b2-1+. The van der Waals surface area contributed by atoms with Gasteiger partial charge in [-0.25, -0.2) is 0 Å². The molecular weight excluding hydrogens is 110 g/mol. The Kier molecular flexibility index (Phi) is 2.42. The Morgan fingerprint density at radius 3 is 2.25 bits per heavy atom. The highest BCUT2D eigenvalue weighted by Crippen LogP contribution is 1.69. The molecule has 5 heteroatoms. The molecule has 0 spiro atoms. The quantitative estimate of drug-likeness (QED) is 0.254. The molecule has 0 aliphatic rings. The molecule has 0 aromatic rings. The minimum absolute atomic E-state index is 0.169. The zero-order valence-electron chi connectivity index (χ0n) is 4.09. The van der Waals surface area contributed by atoms with Crippen LogP contribution < -0.4 is 16.9 Å². The van der Waals surface area contributed by atoms with Crippen molar-refractivity contribution < 1.29 is 10.0 Å². The van der Waals surface area contributed by atoms with Crippen LogP contribution >= 0.6 is 0 Å². The minimum atomic E-state index is -0.705. The first-order valence-electron chi connectivity index (χ1n) is 1.83. The molecule has 0 bridgehead atoms. The Morgan fingerprint density at radius 1 is 1.62 bits per heavy atom. The number of hydrogen-bond donors (Lipinski definition) is 4. The second-order valence-corrected chi connectivity index (χ2v) is 1.11. The Labute approximate surface area is 45.9 Å². The minimum Gasteiger partial charge on any atom is -0.384 e. The molecule has 5 nitrogen and oxygen atoms in total. The van der Waals surface area contributed by atoms with Crippen molar-refractivity contribution in [2.45, 2.75) is 0 Å². The topological polar surface area (TPSA) is 101 Å². The van der Waals surface area contributed by atoms with Crippen molar-refractivity contribution in [2.75, 3.05) is 0 Å². The molecule has 0 saturated carbocycles. The van der Waals surface area contributed by atoms with Crippen LogP contribution in [0.2, 0.25) is 0 Å². The van der Waals surface area contributed by atoms with Crippen LogP contribution in [0.5, 0.6) is 0 Å². The molecule has 0 aromatic carbocycles. The number of hydrogen-bond acceptors (Lipinski definition) is 4. The highest BCUT2D eigenvalue weighted by molar-refractivity contribution is 5.86. The second-order valence-electron chi connectivity index (χ2n) is 1.11. The van der Waals surface area contributed by atoms with Crippen molar-refractivity contribution in [3.8, 4) is 0 Å². The van der Waals surface area contributed by atoms with Gasteiger partial charge in [0.25, 0.3) is 0 Å². The van der Waals surface area contributed by atoms with E-state index in [2.05, 4.69) is 5.73 Å². The Morgan fingerprint density at radius 2 is 2.12 bits per heavy atom. The van der Waals surface area contributed by atoms with Crippen LogP contribution in [-0.4, -0.2) is 11.1 Å². The maximum atomic E-state index is 9.88. The molecule has 0 fully saturated rings. The van der Waals surface area contributed by atoms with Crippen molar-refractivity contribution in [3.05, 3.63) is 11.9 Å². The van der Waals surface area contributed by atoms with Crippen molar-refractivity contribution in [2.24, 2.45) is 11.5 Å². The van der Waals surface area contributed by atoms with Crippen LogP contribution in [-0.2, 0) is 4.79 Å². The lowest BCUT2D eigenvalue weighted by molar-refractivity contribution is -0.113. The lowest BCUT2D eigenvalue weighted by atomic mass is 10.5. The Hall–Kier alpha value is -1.23. The van der Waals surface area contributed by atoms with Crippen LogP contribution in [0, 0.1) is 0 Å². The normalized spacial score (nSPS) is 10.9. The predicted octanol–water partition coefficient (Wildman–Crippen LogP) is -1.75. The lowest BCUT2D eigenvalue weighted by Gasteiger charge is -1.92. The fourth-order valence-corrected chi connectivity index (χ4v) is 0.186. The molecule has 0 aliphatic heterocycles. The molecule has 0 radical (unpaired) electrons. The molecule has 8 heavy (non-hydrogen) atoms. The van der Waals surface area contributed by atoms with Gasteiger partial charge in [-0.05, 0) is 0 Å². The molecule has 46 valence electrons. The summed E-state index contributed by atoms with van der Waals surface area (Å²) in [5.41, 5.74) is 11.0. The van der Waals surface area contributed by atoms with Crippen LogP contribution in [0.4, 0.5) is 0 Å². The fraction of sp³-hybridized carbons (Fsp3) is 0. The second kappa shape index (κ2) is 2.86. The first kappa shape index (κ1) is 6.77. The van der Waals surface area contributed by atoms with Crippen molar-refractivity contribution in [3.63, 3.8) is 0 Å². The first-order chi connectivity index (χ1) is 3.66. The van der Waals surface area contributed by atoms with E-state index >= 15 is 0 Å². The van der Waals surface area contributed by atoms with Crippen LogP contribution in [0.3, 0.4) is 0 Å². The molecule has 0 rings (SSSR count). The Bertz CT molecular complexity index is 120. The third kappa shape index (κ3) is 2.98. The molecule has 0 unspecified atom stereocenters. The number of carbonyl (C=O) groups is 1. The zero-order chi connectivity index (χ0) is 6.57. The number of nitrogens with two attached hydrogens (primary N) is 2. The first-order valence-corrected chi connectivity index (χ1v) is 1.83. The summed E-state index contributed by atoms with van der Waals surface area (Å²) in [5.74, 6) is -0.874. The molecule has 0 saturated heterocycles. The predicted molar refractivity (Wildman–Crippen MR) is 26.4 cm³/mol. The van der Waals surface area contributed by atoms with Crippen LogP contribution in [0.1, 0.15) is 0 Å². The summed E-state index contributed by atoms with van der Waals surface area (Å²) >= 11 is 0. The van der Waals surface area contributed by atoms with E-state index in [4.69, 9.17) is 10.9 Å². The van der Waals surface area contributed by atoms with E-state index in [1.165, 1.54) is 5.48 Å². The summed E-state index contributed by atoms with van der Waals surface area (Å²) in [6.45, 7) is 0. The maximum absolute atomic E-state index is 9.88. The van der Waals surface area contributed by atoms with E-state index in [0.717, 1.165) is 6.08 Å². The summed E-state index contributed by atoms with van der Waals surface area (Å²) < 4.78 is 0. The molecular formula is C3H7N3O2. The van der Waals surface area contributed by atoms with Gasteiger partial charge in [-0.1, -0.05) is 0 Å². The van der Waals surface area contributed by atoms with E-state index in [9.17, 15) is 4.79 Å². The third-order valence-corrected chi connectivity index (χ3v) is 0.427. The zero-order valence-corrected chi connectivity index (χ0v) is 4.09. The smallest absolute Gasteiger partial charge is 0.245 e. The monoisotopic (exact) mass is 117 g/mol. The summed E-state index contributed by atoms with van der Waals surface area (Å²) in [5, 5.41) is 7.93. The van der Waals surface area contributed by atoms with E-state index in [1.54, 1.807) is 0 Å². The SMILES string of the molecule is NC(=O)/C=C(\N)NO. The number of hydroxylamine groups is 1. The molecule has 1 amide bonds. The van der Waals surface area contributed by atoms with Gasteiger partial charge in [0.15, 0.2) is 0 Å². The fourth-order valence-electron chi connectivity index (χ4n) is 0.186. The number of carbonyl (C=O) groups excluding carboxylic acids is 1. The van der Waals surface area contributed by atoms with Crippen molar-refractivity contribution >= 4 is 5.91 Å².